The average molecular weight is 333 g/mol. The molecule has 0 spiro atoms. The Balaban J connectivity index is 1.76. The molecule has 0 saturated heterocycles. The van der Waals surface area contributed by atoms with Crippen LogP contribution in [0, 0.1) is 5.82 Å². The number of rotatable bonds is 4. The van der Waals surface area contributed by atoms with Crippen LogP contribution in [0.3, 0.4) is 0 Å². The van der Waals surface area contributed by atoms with Gasteiger partial charge in [0.05, 0.1) is 11.1 Å². The average Bonchev–Trinajstić information content (AvgIpc) is 3.06. The van der Waals surface area contributed by atoms with Crippen LogP contribution < -0.4 is 10.9 Å². The molecule has 1 saturated carbocycles. The molecule has 2 aromatic carbocycles. The van der Waals surface area contributed by atoms with Gasteiger partial charge < -0.3 is 0 Å². The molecule has 1 aliphatic rings. The summed E-state index contributed by atoms with van der Waals surface area (Å²) in [6, 6.07) is 13.3. The van der Waals surface area contributed by atoms with E-state index in [2.05, 4.69) is 10.9 Å². The molecule has 1 aliphatic carbocycles. The first-order chi connectivity index (χ1) is 11.1. The Morgan fingerprint density at radius 1 is 1.00 bits per heavy atom. The molecule has 0 atom stereocenters. The molecular weight excluding hydrogens is 315 g/mol. The van der Waals surface area contributed by atoms with Gasteiger partial charge in [0.15, 0.2) is 0 Å². The quantitative estimate of drug-likeness (QED) is 0.813. The minimum atomic E-state index is -0.530. The molecule has 120 valence electrons. The summed E-state index contributed by atoms with van der Waals surface area (Å²) in [5.74, 6) is -0.378. The number of anilines is 1. The molecule has 2 aromatic rings. The number of amides is 1. The van der Waals surface area contributed by atoms with Gasteiger partial charge in [0.25, 0.3) is 0 Å². The summed E-state index contributed by atoms with van der Waals surface area (Å²) < 4.78 is 12.9. The minimum Gasteiger partial charge on any atom is -0.299 e. The molecule has 23 heavy (non-hydrogen) atoms. The van der Waals surface area contributed by atoms with E-state index in [0.717, 1.165) is 31.2 Å². The molecule has 1 fully saturated rings. The molecule has 0 aliphatic heterocycles. The van der Waals surface area contributed by atoms with Crippen molar-refractivity contribution in [1.29, 1.82) is 0 Å². The first-order valence-corrected chi connectivity index (χ1v) is 8.06. The van der Waals surface area contributed by atoms with Gasteiger partial charge in [-0.25, -0.2) is 4.39 Å². The normalized spacial score (nSPS) is 16.1. The van der Waals surface area contributed by atoms with Crippen molar-refractivity contribution in [2.75, 3.05) is 5.43 Å². The zero-order valence-corrected chi connectivity index (χ0v) is 13.4. The largest absolute Gasteiger partial charge is 0.299 e. The lowest BCUT2D eigenvalue weighted by Crippen LogP contribution is -2.45. The molecule has 0 radical (unpaired) electrons. The van der Waals surface area contributed by atoms with Crippen LogP contribution in [0.5, 0.6) is 0 Å². The Hall–Kier alpha value is -2.07. The summed E-state index contributed by atoms with van der Waals surface area (Å²) in [5.41, 5.74) is 6.73. The van der Waals surface area contributed by atoms with Gasteiger partial charge in [0.1, 0.15) is 5.82 Å². The van der Waals surface area contributed by atoms with E-state index in [-0.39, 0.29) is 11.7 Å². The number of nitrogens with one attached hydrogen (secondary N) is 2. The van der Waals surface area contributed by atoms with Gasteiger partial charge >= 0.3 is 0 Å². The van der Waals surface area contributed by atoms with Crippen LogP contribution in [-0.4, -0.2) is 5.91 Å². The van der Waals surface area contributed by atoms with Crippen LogP contribution in [0.25, 0.3) is 0 Å². The molecule has 0 unspecified atom stereocenters. The molecule has 2 N–H and O–H groups in total. The van der Waals surface area contributed by atoms with Crippen molar-refractivity contribution in [3.05, 3.63) is 64.9 Å². The van der Waals surface area contributed by atoms with Crippen molar-refractivity contribution < 1.29 is 9.18 Å². The number of carbonyl (C=O) groups excluding carboxylic acids is 1. The molecule has 1 amide bonds. The maximum Gasteiger partial charge on any atom is 0.248 e. The number of benzene rings is 2. The molecule has 3 rings (SSSR count). The maximum atomic E-state index is 12.9. The van der Waals surface area contributed by atoms with E-state index in [1.165, 1.54) is 12.1 Å². The zero-order valence-electron chi connectivity index (χ0n) is 12.6. The second-order valence-corrected chi connectivity index (χ2v) is 6.32. The van der Waals surface area contributed by atoms with Crippen LogP contribution in [0.1, 0.15) is 31.2 Å². The predicted molar refractivity (Wildman–Crippen MR) is 89.8 cm³/mol. The lowest BCUT2D eigenvalue weighted by molar-refractivity contribution is -0.126. The Kier molecular flexibility index (Phi) is 4.53. The van der Waals surface area contributed by atoms with Crippen LogP contribution >= 0.6 is 11.6 Å². The fraction of sp³-hybridized carbons (Fsp3) is 0.278. The Morgan fingerprint density at radius 3 is 2.22 bits per heavy atom. The smallest absolute Gasteiger partial charge is 0.248 e. The number of hydrogen-bond acceptors (Lipinski definition) is 2. The van der Waals surface area contributed by atoms with E-state index in [9.17, 15) is 9.18 Å². The molecule has 0 heterocycles. The van der Waals surface area contributed by atoms with Crippen LogP contribution in [0.4, 0.5) is 10.1 Å². The summed E-state index contributed by atoms with van der Waals surface area (Å²) >= 11 is 5.95. The first-order valence-electron chi connectivity index (χ1n) is 7.68. The van der Waals surface area contributed by atoms with Gasteiger partial charge in [-0.05, 0) is 54.8 Å². The van der Waals surface area contributed by atoms with Crippen molar-refractivity contribution in [3.8, 4) is 0 Å². The van der Waals surface area contributed by atoms with E-state index in [1.807, 2.05) is 24.3 Å². The fourth-order valence-corrected chi connectivity index (χ4v) is 3.30. The van der Waals surface area contributed by atoms with E-state index >= 15 is 0 Å². The fourth-order valence-electron chi connectivity index (χ4n) is 3.18. The summed E-state index contributed by atoms with van der Waals surface area (Å²) in [6.45, 7) is 0. The molecule has 0 aromatic heterocycles. The Morgan fingerprint density at radius 2 is 1.61 bits per heavy atom. The van der Waals surface area contributed by atoms with Crippen molar-refractivity contribution in [2.45, 2.75) is 31.1 Å². The van der Waals surface area contributed by atoms with Gasteiger partial charge in [-0.3, -0.25) is 15.6 Å². The predicted octanol–water partition coefficient (Wildman–Crippen LogP) is 4.43. The number of hydrazine groups is 1. The highest BCUT2D eigenvalue weighted by atomic mass is 35.5. The van der Waals surface area contributed by atoms with Crippen LogP contribution in [0.2, 0.25) is 5.02 Å². The maximum absolute atomic E-state index is 12.9. The summed E-state index contributed by atoms with van der Waals surface area (Å²) in [6.07, 6.45) is 3.66. The monoisotopic (exact) mass is 332 g/mol. The van der Waals surface area contributed by atoms with E-state index < -0.39 is 5.41 Å². The number of halogens is 2. The van der Waals surface area contributed by atoms with Crippen molar-refractivity contribution in [2.24, 2.45) is 0 Å². The molecule has 0 bridgehead atoms. The van der Waals surface area contributed by atoms with Gasteiger partial charge in [-0.2, -0.15) is 0 Å². The van der Waals surface area contributed by atoms with Gasteiger partial charge in [0, 0.05) is 5.02 Å². The van der Waals surface area contributed by atoms with Crippen LogP contribution in [-0.2, 0) is 10.2 Å². The van der Waals surface area contributed by atoms with Gasteiger partial charge in [-0.1, -0.05) is 36.6 Å². The number of hydrogen-bond donors (Lipinski definition) is 2. The molecule has 3 nitrogen and oxygen atoms in total. The third-order valence-corrected chi connectivity index (χ3v) is 4.71. The summed E-state index contributed by atoms with van der Waals surface area (Å²) in [7, 11) is 0. The summed E-state index contributed by atoms with van der Waals surface area (Å²) in [5, 5.41) is 0.659. The van der Waals surface area contributed by atoms with E-state index in [0.29, 0.717) is 10.7 Å². The zero-order chi connectivity index (χ0) is 16.3. The SMILES string of the molecule is O=C(NNc1ccc(F)cc1)C1(c2ccc(Cl)cc2)CCCC1. The van der Waals surface area contributed by atoms with Crippen molar-refractivity contribution in [3.63, 3.8) is 0 Å². The highest BCUT2D eigenvalue weighted by molar-refractivity contribution is 6.30. The lowest BCUT2D eigenvalue weighted by Gasteiger charge is -2.28. The van der Waals surface area contributed by atoms with E-state index in [1.54, 1.807) is 12.1 Å². The van der Waals surface area contributed by atoms with Crippen LogP contribution in [0.15, 0.2) is 48.5 Å². The summed E-state index contributed by atoms with van der Waals surface area (Å²) in [4.78, 5) is 12.8. The second kappa shape index (κ2) is 6.59. The number of carbonyl (C=O) groups is 1. The topological polar surface area (TPSA) is 41.1 Å². The van der Waals surface area contributed by atoms with Crippen molar-refractivity contribution in [1.82, 2.24) is 5.43 Å². The highest BCUT2D eigenvalue weighted by Gasteiger charge is 2.42. The third kappa shape index (κ3) is 3.32. The lowest BCUT2D eigenvalue weighted by atomic mass is 9.78. The molecule has 5 heteroatoms. The Labute approximate surface area is 139 Å². The van der Waals surface area contributed by atoms with Gasteiger partial charge in [-0.15, -0.1) is 0 Å². The first kappa shape index (κ1) is 15.8. The molecular formula is C18H18ClFN2O. The van der Waals surface area contributed by atoms with Crippen molar-refractivity contribution >= 4 is 23.2 Å². The van der Waals surface area contributed by atoms with E-state index in [4.69, 9.17) is 11.6 Å². The Bertz CT molecular complexity index is 679. The standard InChI is InChI=1S/C18H18ClFN2O/c19-14-5-3-13(4-6-14)18(11-1-2-12-18)17(23)22-21-16-9-7-15(20)8-10-16/h3-10,21H,1-2,11-12H2,(H,22,23). The second-order valence-electron chi connectivity index (χ2n) is 5.88. The minimum absolute atomic E-state index is 0.0679. The van der Waals surface area contributed by atoms with Gasteiger partial charge in [0.2, 0.25) is 5.91 Å². The third-order valence-electron chi connectivity index (χ3n) is 4.45. The highest BCUT2D eigenvalue weighted by Crippen LogP contribution is 2.41.